The molecule has 11 nitrogen and oxygen atoms in total. The molecule has 1 rings (SSSR count). The minimum Gasteiger partial charge on any atom is -0.481 e. The fraction of sp³-hybridized carbons (Fsp3) is 0.722. The van der Waals surface area contributed by atoms with Crippen molar-refractivity contribution < 1.29 is 34.2 Å². The molecule has 1 saturated heterocycles. The number of thiol groups is 1. The van der Waals surface area contributed by atoms with Crippen molar-refractivity contribution in [3.8, 4) is 0 Å². The Morgan fingerprint density at radius 2 is 1.60 bits per heavy atom. The summed E-state index contributed by atoms with van der Waals surface area (Å²) >= 11 is 4.05. The highest BCUT2D eigenvalue weighted by atomic mass is 32.1. The highest BCUT2D eigenvalue weighted by molar-refractivity contribution is 7.80. The Morgan fingerprint density at radius 1 is 1.00 bits per heavy atom. The number of nitrogens with one attached hydrogen (secondary N) is 4. The Labute approximate surface area is 180 Å². The summed E-state index contributed by atoms with van der Waals surface area (Å²) in [4.78, 5) is 59.7. The lowest BCUT2D eigenvalue weighted by atomic mass is 10.0. The predicted octanol–water partition coefficient (Wildman–Crippen LogP) is -1.27. The second-order valence-corrected chi connectivity index (χ2v) is 7.95. The lowest BCUT2D eigenvalue weighted by Crippen LogP contribution is -2.58. The maximum Gasteiger partial charge on any atom is 0.326 e. The quantitative estimate of drug-likeness (QED) is 0.182. The maximum atomic E-state index is 12.5. The number of rotatable bonds is 12. The Morgan fingerprint density at radius 3 is 2.07 bits per heavy atom. The summed E-state index contributed by atoms with van der Waals surface area (Å²) in [5, 5.41) is 28.4. The van der Waals surface area contributed by atoms with E-state index in [0.29, 0.717) is 13.0 Å². The van der Waals surface area contributed by atoms with Gasteiger partial charge in [-0.05, 0) is 31.7 Å². The van der Waals surface area contributed by atoms with Gasteiger partial charge in [0.25, 0.3) is 0 Å². The van der Waals surface area contributed by atoms with Gasteiger partial charge in [-0.2, -0.15) is 12.6 Å². The third-order valence-corrected chi connectivity index (χ3v) is 4.89. The normalized spacial score (nSPS) is 18.9. The van der Waals surface area contributed by atoms with Gasteiger partial charge in [0.15, 0.2) is 0 Å². The van der Waals surface area contributed by atoms with Crippen LogP contribution in [-0.4, -0.2) is 76.3 Å². The number of carbonyl (C=O) groups excluding carboxylic acids is 3. The van der Waals surface area contributed by atoms with Crippen molar-refractivity contribution in [3.05, 3.63) is 0 Å². The summed E-state index contributed by atoms with van der Waals surface area (Å²) in [7, 11) is 0. The molecule has 12 heteroatoms. The molecular formula is C18H30N4O7S. The molecule has 0 bridgehead atoms. The smallest absolute Gasteiger partial charge is 0.326 e. The second-order valence-electron chi connectivity index (χ2n) is 7.58. The molecule has 0 aliphatic carbocycles. The van der Waals surface area contributed by atoms with Crippen molar-refractivity contribution >= 4 is 42.3 Å². The van der Waals surface area contributed by atoms with Crippen molar-refractivity contribution in [2.45, 2.75) is 63.7 Å². The third kappa shape index (κ3) is 8.57. The Balaban J connectivity index is 2.81. The molecule has 4 unspecified atom stereocenters. The number of hydrogen-bond donors (Lipinski definition) is 7. The lowest BCUT2D eigenvalue weighted by Gasteiger charge is -2.24. The fourth-order valence-corrected chi connectivity index (χ4v) is 3.25. The lowest BCUT2D eigenvalue weighted by molar-refractivity contribution is -0.144. The summed E-state index contributed by atoms with van der Waals surface area (Å²) in [5.41, 5.74) is 0. The summed E-state index contributed by atoms with van der Waals surface area (Å²) in [5.74, 6) is -4.82. The molecule has 0 spiro atoms. The topological polar surface area (TPSA) is 174 Å². The zero-order valence-corrected chi connectivity index (χ0v) is 17.9. The molecular weight excluding hydrogens is 416 g/mol. The Bertz CT molecular complexity index is 652. The van der Waals surface area contributed by atoms with E-state index in [-0.39, 0.29) is 24.0 Å². The molecule has 6 N–H and O–H groups in total. The summed E-state index contributed by atoms with van der Waals surface area (Å²) in [6, 6.07) is -4.24. The van der Waals surface area contributed by atoms with Crippen LogP contribution in [0, 0.1) is 5.92 Å². The highest BCUT2D eigenvalue weighted by Gasteiger charge is 2.32. The van der Waals surface area contributed by atoms with Gasteiger partial charge in [-0.3, -0.25) is 19.2 Å². The van der Waals surface area contributed by atoms with Crippen LogP contribution in [0.1, 0.15) is 39.5 Å². The van der Waals surface area contributed by atoms with Crippen LogP contribution in [0.3, 0.4) is 0 Å². The average Bonchev–Trinajstić information content (AvgIpc) is 3.18. The van der Waals surface area contributed by atoms with E-state index in [1.807, 2.05) is 0 Å². The van der Waals surface area contributed by atoms with Gasteiger partial charge in [0.2, 0.25) is 17.7 Å². The van der Waals surface area contributed by atoms with E-state index >= 15 is 0 Å². The van der Waals surface area contributed by atoms with Crippen LogP contribution < -0.4 is 21.3 Å². The molecule has 1 aliphatic heterocycles. The van der Waals surface area contributed by atoms with Crippen molar-refractivity contribution in [2.24, 2.45) is 5.92 Å². The molecule has 30 heavy (non-hydrogen) atoms. The van der Waals surface area contributed by atoms with E-state index in [1.165, 1.54) is 0 Å². The second kappa shape index (κ2) is 12.4. The van der Waals surface area contributed by atoms with Gasteiger partial charge in [0.1, 0.15) is 18.1 Å². The molecule has 0 aromatic carbocycles. The molecule has 170 valence electrons. The van der Waals surface area contributed by atoms with Gasteiger partial charge in [-0.1, -0.05) is 13.8 Å². The van der Waals surface area contributed by atoms with Crippen LogP contribution >= 0.6 is 12.6 Å². The monoisotopic (exact) mass is 446 g/mol. The van der Waals surface area contributed by atoms with E-state index in [4.69, 9.17) is 5.11 Å². The first-order valence-corrected chi connectivity index (χ1v) is 10.4. The van der Waals surface area contributed by atoms with Crippen LogP contribution in [0.4, 0.5) is 0 Å². The average molecular weight is 447 g/mol. The van der Waals surface area contributed by atoms with Crippen molar-refractivity contribution in [3.63, 3.8) is 0 Å². The molecule has 1 aliphatic rings. The summed E-state index contributed by atoms with van der Waals surface area (Å²) < 4.78 is 0. The molecule has 0 saturated carbocycles. The predicted molar refractivity (Wildman–Crippen MR) is 110 cm³/mol. The SMILES string of the molecule is CC(C)CC(NC(=O)C(CC(=O)O)NC(=O)C(CS)NC(=O)C1CCCN1)C(=O)O. The van der Waals surface area contributed by atoms with Crippen molar-refractivity contribution in [2.75, 3.05) is 12.3 Å². The van der Waals surface area contributed by atoms with E-state index in [1.54, 1.807) is 13.8 Å². The van der Waals surface area contributed by atoms with Gasteiger partial charge < -0.3 is 31.5 Å². The Kier molecular flexibility index (Phi) is 10.6. The third-order valence-electron chi connectivity index (χ3n) is 4.53. The Hall–Kier alpha value is -2.34. The van der Waals surface area contributed by atoms with Crippen LogP contribution in [0.25, 0.3) is 0 Å². The number of carbonyl (C=O) groups is 5. The minimum absolute atomic E-state index is 0.0353. The molecule has 0 aromatic rings. The molecule has 1 heterocycles. The molecule has 4 atom stereocenters. The molecule has 3 amide bonds. The first-order chi connectivity index (χ1) is 14.0. The highest BCUT2D eigenvalue weighted by Crippen LogP contribution is 2.07. The standard InChI is InChI=1S/C18H30N4O7S/c1-9(2)6-12(18(28)29)21-16(26)11(7-14(23)24)20-17(27)13(8-30)22-15(25)10-4-3-5-19-10/h9-13,19,30H,3-8H2,1-2H3,(H,20,27)(H,21,26)(H,22,25)(H,23,24)(H,28,29). The molecule has 1 fully saturated rings. The van der Waals surface area contributed by atoms with E-state index in [9.17, 15) is 29.1 Å². The zero-order valence-electron chi connectivity index (χ0n) is 17.0. The van der Waals surface area contributed by atoms with Crippen LogP contribution in [0.5, 0.6) is 0 Å². The number of amides is 3. The van der Waals surface area contributed by atoms with Crippen LogP contribution in [-0.2, 0) is 24.0 Å². The maximum absolute atomic E-state index is 12.5. The number of hydrogen-bond acceptors (Lipinski definition) is 7. The molecule has 0 aromatic heterocycles. The van der Waals surface area contributed by atoms with Gasteiger partial charge in [0.05, 0.1) is 12.5 Å². The zero-order chi connectivity index (χ0) is 22.8. The first-order valence-electron chi connectivity index (χ1n) is 9.75. The summed E-state index contributed by atoms with van der Waals surface area (Å²) in [6.07, 6.45) is 0.850. The summed E-state index contributed by atoms with van der Waals surface area (Å²) in [6.45, 7) is 4.24. The van der Waals surface area contributed by atoms with Crippen molar-refractivity contribution in [1.82, 2.24) is 21.3 Å². The number of aliphatic carboxylic acids is 2. The largest absolute Gasteiger partial charge is 0.481 e. The van der Waals surface area contributed by atoms with Crippen molar-refractivity contribution in [1.29, 1.82) is 0 Å². The number of carboxylic acids is 2. The number of carboxylic acid groups (broad SMARTS) is 2. The van der Waals surface area contributed by atoms with Gasteiger partial charge in [-0.15, -0.1) is 0 Å². The van der Waals surface area contributed by atoms with E-state index in [2.05, 4.69) is 33.9 Å². The van der Waals surface area contributed by atoms with Gasteiger partial charge in [-0.25, -0.2) is 4.79 Å². The van der Waals surface area contributed by atoms with E-state index < -0.39 is 54.3 Å². The van der Waals surface area contributed by atoms with E-state index in [0.717, 1.165) is 6.42 Å². The minimum atomic E-state index is -1.51. The van der Waals surface area contributed by atoms with Gasteiger partial charge in [0, 0.05) is 5.75 Å². The fourth-order valence-electron chi connectivity index (χ4n) is 3.00. The van der Waals surface area contributed by atoms with Crippen LogP contribution in [0.2, 0.25) is 0 Å². The first kappa shape index (κ1) is 25.7. The van der Waals surface area contributed by atoms with Crippen LogP contribution in [0.15, 0.2) is 0 Å². The molecule has 0 radical (unpaired) electrons. The van der Waals surface area contributed by atoms with Gasteiger partial charge >= 0.3 is 11.9 Å².